The molecule has 0 aromatic heterocycles. The molecule has 0 heterocycles. The van der Waals surface area contributed by atoms with Crippen molar-refractivity contribution in [1.82, 2.24) is 4.90 Å². The maximum atomic E-state index is 11.5. The van der Waals surface area contributed by atoms with Crippen molar-refractivity contribution in [3.8, 4) is 0 Å². The summed E-state index contributed by atoms with van der Waals surface area (Å²) in [5.41, 5.74) is 0. The average Bonchev–Trinajstić information content (AvgIpc) is 2.25. The highest BCUT2D eigenvalue weighted by Gasteiger charge is 2.21. The number of hydrogen-bond donors (Lipinski definition) is 1. The van der Waals surface area contributed by atoms with E-state index in [1.165, 1.54) is 18.4 Å². The number of carboxylic acids is 1. The van der Waals surface area contributed by atoms with Crippen LogP contribution in [0.15, 0.2) is 0 Å². The largest absolute Gasteiger partial charge is 0.480 e. The van der Waals surface area contributed by atoms with Crippen molar-refractivity contribution >= 4 is 11.9 Å². The molecule has 1 amide bonds. The van der Waals surface area contributed by atoms with Crippen molar-refractivity contribution in [3.63, 3.8) is 0 Å². The topological polar surface area (TPSA) is 66.8 Å². The van der Waals surface area contributed by atoms with Crippen molar-refractivity contribution in [2.45, 2.75) is 38.7 Å². The molecule has 17 heavy (non-hydrogen) atoms. The molecule has 1 aliphatic carbocycles. The van der Waals surface area contributed by atoms with Gasteiger partial charge >= 0.3 is 5.97 Å². The molecule has 0 radical (unpaired) electrons. The summed E-state index contributed by atoms with van der Waals surface area (Å²) in [7, 11) is 1.48. The molecule has 0 spiro atoms. The van der Waals surface area contributed by atoms with E-state index in [-0.39, 0.29) is 25.2 Å². The van der Waals surface area contributed by atoms with Gasteiger partial charge in [-0.2, -0.15) is 0 Å². The third-order valence-corrected chi connectivity index (χ3v) is 3.13. The van der Waals surface area contributed by atoms with Gasteiger partial charge in [-0.3, -0.25) is 9.59 Å². The molecule has 0 aromatic rings. The van der Waals surface area contributed by atoms with E-state index in [0.29, 0.717) is 5.92 Å². The van der Waals surface area contributed by atoms with Gasteiger partial charge in [-0.1, -0.05) is 19.8 Å². The highest BCUT2D eigenvalue weighted by Crippen LogP contribution is 2.25. The normalized spacial score (nSPS) is 24.4. The van der Waals surface area contributed by atoms with Crippen LogP contribution < -0.4 is 0 Å². The predicted molar refractivity (Wildman–Crippen MR) is 62.6 cm³/mol. The summed E-state index contributed by atoms with van der Waals surface area (Å²) >= 11 is 0. The van der Waals surface area contributed by atoms with Gasteiger partial charge in [0.05, 0.1) is 6.10 Å². The minimum atomic E-state index is -1.01. The first-order chi connectivity index (χ1) is 7.99. The number of aliphatic carboxylic acids is 1. The Balaban J connectivity index is 2.25. The smallest absolute Gasteiger partial charge is 0.323 e. The first kappa shape index (κ1) is 14.0. The van der Waals surface area contributed by atoms with Gasteiger partial charge in [0.2, 0.25) is 5.91 Å². The Labute approximate surface area is 102 Å². The summed E-state index contributed by atoms with van der Waals surface area (Å²) in [5, 5.41) is 8.55. The molecular weight excluding hydrogens is 222 g/mol. The molecule has 5 nitrogen and oxygen atoms in total. The molecule has 0 bridgehead atoms. The van der Waals surface area contributed by atoms with Crippen LogP contribution in [0.2, 0.25) is 0 Å². The van der Waals surface area contributed by atoms with Gasteiger partial charge in [-0.25, -0.2) is 0 Å². The first-order valence-corrected chi connectivity index (χ1v) is 6.06. The quantitative estimate of drug-likeness (QED) is 0.786. The Bertz CT molecular complexity index is 280. The zero-order chi connectivity index (χ0) is 12.8. The van der Waals surface area contributed by atoms with E-state index in [1.54, 1.807) is 0 Å². The SMILES string of the molecule is CC1CCCC(OCC(=O)N(C)CC(=O)O)C1. The van der Waals surface area contributed by atoms with Gasteiger partial charge in [0.25, 0.3) is 0 Å². The summed E-state index contributed by atoms with van der Waals surface area (Å²) in [4.78, 5) is 23.1. The predicted octanol–water partition coefficient (Wildman–Crippen LogP) is 1.12. The summed E-state index contributed by atoms with van der Waals surface area (Å²) in [6.45, 7) is 1.90. The van der Waals surface area contributed by atoms with Crippen LogP contribution in [0, 0.1) is 5.92 Å². The van der Waals surface area contributed by atoms with E-state index in [9.17, 15) is 9.59 Å². The Morgan fingerprint density at radius 1 is 1.41 bits per heavy atom. The lowest BCUT2D eigenvalue weighted by molar-refractivity contribution is -0.146. The minimum absolute atomic E-state index is 0.0127. The second-order valence-corrected chi connectivity index (χ2v) is 4.85. The molecule has 1 rings (SSSR count). The van der Waals surface area contributed by atoms with Gasteiger partial charge < -0.3 is 14.7 Å². The molecule has 0 saturated heterocycles. The maximum Gasteiger partial charge on any atom is 0.323 e. The fourth-order valence-electron chi connectivity index (χ4n) is 2.12. The molecule has 0 aromatic carbocycles. The van der Waals surface area contributed by atoms with Crippen LogP contribution in [-0.4, -0.2) is 48.2 Å². The third-order valence-electron chi connectivity index (χ3n) is 3.13. The number of ether oxygens (including phenoxy) is 1. The zero-order valence-electron chi connectivity index (χ0n) is 10.5. The lowest BCUT2D eigenvalue weighted by Crippen LogP contribution is -2.36. The van der Waals surface area contributed by atoms with E-state index in [1.807, 2.05) is 0 Å². The van der Waals surface area contributed by atoms with E-state index in [4.69, 9.17) is 9.84 Å². The highest BCUT2D eigenvalue weighted by molar-refractivity contribution is 5.81. The Morgan fingerprint density at radius 3 is 2.71 bits per heavy atom. The van der Waals surface area contributed by atoms with E-state index in [0.717, 1.165) is 19.3 Å². The van der Waals surface area contributed by atoms with Crippen molar-refractivity contribution in [3.05, 3.63) is 0 Å². The van der Waals surface area contributed by atoms with Crippen molar-refractivity contribution in [2.75, 3.05) is 20.2 Å². The second kappa shape index (κ2) is 6.59. The molecular formula is C12H21NO4. The molecule has 2 atom stereocenters. The van der Waals surface area contributed by atoms with Crippen LogP contribution in [-0.2, 0) is 14.3 Å². The monoisotopic (exact) mass is 243 g/mol. The zero-order valence-corrected chi connectivity index (χ0v) is 10.5. The standard InChI is InChI=1S/C12H21NO4/c1-9-4-3-5-10(6-9)17-8-11(14)13(2)7-12(15)16/h9-10H,3-8H2,1-2H3,(H,15,16). The Hall–Kier alpha value is -1.10. The van der Waals surface area contributed by atoms with Crippen molar-refractivity contribution < 1.29 is 19.4 Å². The van der Waals surface area contributed by atoms with Crippen LogP contribution in [0.4, 0.5) is 0 Å². The fraction of sp³-hybridized carbons (Fsp3) is 0.833. The Morgan fingerprint density at radius 2 is 2.12 bits per heavy atom. The summed E-state index contributed by atoms with van der Waals surface area (Å²) < 4.78 is 5.53. The maximum absolute atomic E-state index is 11.5. The molecule has 2 unspecified atom stereocenters. The lowest BCUT2D eigenvalue weighted by Gasteiger charge is -2.27. The minimum Gasteiger partial charge on any atom is -0.480 e. The lowest BCUT2D eigenvalue weighted by atomic mass is 9.89. The summed E-state index contributed by atoms with van der Waals surface area (Å²) in [5.74, 6) is -0.627. The van der Waals surface area contributed by atoms with Crippen LogP contribution in [0.1, 0.15) is 32.6 Å². The van der Waals surface area contributed by atoms with Gasteiger partial charge in [0.15, 0.2) is 0 Å². The molecule has 0 aliphatic heterocycles. The van der Waals surface area contributed by atoms with Crippen LogP contribution in [0.3, 0.4) is 0 Å². The van der Waals surface area contributed by atoms with Gasteiger partial charge in [0, 0.05) is 7.05 Å². The van der Waals surface area contributed by atoms with Crippen LogP contribution >= 0.6 is 0 Å². The Kier molecular flexibility index (Phi) is 5.41. The number of nitrogens with zero attached hydrogens (tertiary/aromatic N) is 1. The van der Waals surface area contributed by atoms with E-state index >= 15 is 0 Å². The van der Waals surface area contributed by atoms with Crippen LogP contribution in [0.5, 0.6) is 0 Å². The number of amides is 1. The molecule has 1 aliphatic rings. The van der Waals surface area contributed by atoms with Gasteiger partial charge in [-0.05, 0) is 18.8 Å². The molecule has 1 fully saturated rings. The van der Waals surface area contributed by atoms with E-state index in [2.05, 4.69) is 6.92 Å². The van der Waals surface area contributed by atoms with E-state index < -0.39 is 5.97 Å². The summed E-state index contributed by atoms with van der Waals surface area (Å²) in [6, 6.07) is 0. The number of carbonyl (C=O) groups is 2. The number of rotatable bonds is 5. The van der Waals surface area contributed by atoms with Gasteiger partial charge in [0.1, 0.15) is 13.2 Å². The number of likely N-dealkylation sites (N-methyl/N-ethyl adjacent to an activating group) is 1. The molecule has 1 saturated carbocycles. The molecule has 98 valence electrons. The number of carbonyl (C=O) groups excluding carboxylic acids is 1. The molecule has 1 N–H and O–H groups in total. The summed E-state index contributed by atoms with van der Waals surface area (Å²) in [6.07, 6.45) is 4.52. The second-order valence-electron chi connectivity index (χ2n) is 4.85. The number of hydrogen-bond acceptors (Lipinski definition) is 3. The third kappa shape index (κ3) is 5.17. The fourth-order valence-corrected chi connectivity index (χ4v) is 2.12. The van der Waals surface area contributed by atoms with Crippen molar-refractivity contribution in [1.29, 1.82) is 0 Å². The van der Waals surface area contributed by atoms with Gasteiger partial charge in [-0.15, -0.1) is 0 Å². The van der Waals surface area contributed by atoms with Crippen molar-refractivity contribution in [2.24, 2.45) is 5.92 Å². The highest BCUT2D eigenvalue weighted by atomic mass is 16.5. The molecule has 5 heteroatoms. The average molecular weight is 243 g/mol. The number of carboxylic acid groups (broad SMARTS) is 1. The van der Waals surface area contributed by atoms with Crippen LogP contribution in [0.25, 0.3) is 0 Å². The first-order valence-electron chi connectivity index (χ1n) is 6.06.